The second-order valence-electron chi connectivity index (χ2n) is 7.54. The van der Waals surface area contributed by atoms with E-state index in [1.807, 2.05) is 0 Å². The number of nitrogens with zero attached hydrogens (tertiary/aromatic N) is 1. The molecule has 2 atom stereocenters. The summed E-state index contributed by atoms with van der Waals surface area (Å²) in [6, 6.07) is 1.47. The number of piperazine rings is 1. The summed E-state index contributed by atoms with van der Waals surface area (Å²) in [7, 11) is 0. The first kappa shape index (κ1) is 13.4. The van der Waals surface area contributed by atoms with Crippen LogP contribution in [-0.2, 0) is 0 Å². The van der Waals surface area contributed by atoms with E-state index >= 15 is 0 Å². The van der Waals surface area contributed by atoms with Crippen LogP contribution in [0.1, 0.15) is 60.3 Å². The quantitative estimate of drug-likeness (QED) is 0.755. The van der Waals surface area contributed by atoms with Crippen LogP contribution in [-0.4, -0.2) is 35.6 Å². The first-order chi connectivity index (χ1) is 7.82. The molecule has 2 fully saturated rings. The highest BCUT2D eigenvalue weighted by molar-refractivity contribution is 4.98. The van der Waals surface area contributed by atoms with E-state index in [1.165, 1.54) is 32.2 Å². The number of hydrogen-bond donors (Lipinski definition) is 1. The molecule has 0 aromatic rings. The summed E-state index contributed by atoms with van der Waals surface area (Å²) < 4.78 is 0. The average molecular weight is 238 g/mol. The van der Waals surface area contributed by atoms with Crippen molar-refractivity contribution in [1.82, 2.24) is 10.2 Å². The number of hydrogen-bond acceptors (Lipinski definition) is 2. The SMILES string of the molecule is CC1CNC(C)(C)CN1C1CCCCC1(C)C. The van der Waals surface area contributed by atoms with E-state index in [1.54, 1.807) is 0 Å². The van der Waals surface area contributed by atoms with E-state index < -0.39 is 0 Å². The third-order valence-electron chi connectivity index (χ3n) is 4.87. The van der Waals surface area contributed by atoms with Gasteiger partial charge in [0.2, 0.25) is 0 Å². The Morgan fingerprint density at radius 1 is 1.12 bits per heavy atom. The minimum absolute atomic E-state index is 0.278. The van der Waals surface area contributed by atoms with E-state index in [0.717, 1.165) is 12.6 Å². The zero-order valence-electron chi connectivity index (χ0n) is 12.3. The molecule has 1 aliphatic heterocycles. The fraction of sp³-hybridized carbons (Fsp3) is 1.00. The summed E-state index contributed by atoms with van der Waals surface area (Å²) in [6.45, 7) is 14.3. The average Bonchev–Trinajstić information content (AvgIpc) is 2.22. The van der Waals surface area contributed by atoms with Crippen LogP contribution >= 0.6 is 0 Å². The van der Waals surface area contributed by atoms with Gasteiger partial charge in [0.05, 0.1) is 0 Å². The van der Waals surface area contributed by atoms with Crippen LogP contribution in [0.5, 0.6) is 0 Å². The van der Waals surface area contributed by atoms with Crippen LogP contribution in [0.25, 0.3) is 0 Å². The van der Waals surface area contributed by atoms with Crippen molar-refractivity contribution in [1.29, 1.82) is 0 Å². The highest BCUT2D eigenvalue weighted by atomic mass is 15.3. The molecule has 1 saturated heterocycles. The van der Waals surface area contributed by atoms with Crippen LogP contribution in [0.15, 0.2) is 0 Å². The standard InChI is InChI=1S/C15H30N2/c1-12-10-16-15(4,5)11-17(12)13-8-6-7-9-14(13,2)3/h12-13,16H,6-11H2,1-5H3. The largest absolute Gasteiger partial charge is 0.309 e. The molecule has 2 heteroatoms. The fourth-order valence-electron chi connectivity index (χ4n) is 3.72. The molecule has 0 spiro atoms. The zero-order valence-corrected chi connectivity index (χ0v) is 12.3. The summed E-state index contributed by atoms with van der Waals surface area (Å²) >= 11 is 0. The molecular formula is C15H30N2. The maximum absolute atomic E-state index is 3.66. The van der Waals surface area contributed by atoms with E-state index in [4.69, 9.17) is 0 Å². The molecule has 0 aromatic carbocycles. The molecule has 17 heavy (non-hydrogen) atoms. The van der Waals surface area contributed by atoms with Gasteiger partial charge in [0, 0.05) is 30.7 Å². The Morgan fingerprint density at radius 2 is 1.82 bits per heavy atom. The van der Waals surface area contributed by atoms with Crippen molar-refractivity contribution in [3.63, 3.8) is 0 Å². The molecule has 0 bridgehead atoms. The molecule has 1 saturated carbocycles. The van der Waals surface area contributed by atoms with Gasteiger partial charge in [0.1, 0.15) is 0 Å². The molecule has 2 aliphatic rings. The van der Waals surface area contributed by atoms with Gasteiger partial charge in [-0.2, -0.15) is 0 Å². The molecule has 0 amide bonds. The Balaban J connectivity index is 2.13. The van der Waals surface area contributed by atoms with Gasteiger partial charge in [-0.3, -0.25) is 4.90 Å². The second-order valence-corrected chi connectivity index (χ2v) is 7.54. The van der Waals surface area contributed by atoms with Crippen molar-refractivity contribution in [2.24, 2.45) is 5.41 Å². The van der Waals surface area contributed by atoms with E-state index in [2.05, 4.69) is 44.8 Å². The Bertz CT molecular complexity index is 270. The Labute approximate surface area is 107 Å². The Kier molecular flexibility index (Phi) is 3.57. The zero-order chi connectivity index (χ0) is 12.7. The molecule has 2 unspecified atom stereocenters. The topological polar surface area (TPSA) is 15.3 Å². The van der Waals surface area contributed by atoms with Gasteiger partial charge in [0.25, 0.3) is 0 Å². The maximum Gasteiger partial charge on any atom is 0.0253 e. The maximum atomic E-state index is 3.66. The summed E-state index contributed by atoms with van der Waals surface area (Å²) in [6.07, 6.45) is 5.64. The lowest BCUT2D eigenvalue weighted by molar-refractivity contribution is -0.0141. The van der Waals surface area contributed by atoms with Gasteiger partial charge in [-0.25, -0.2) is 0 Å². The minimum atomic E-state index is 0.278. The normalized spacial score (nSPS) is 37.9. The van der Waals surface area contributed by atoms with Crippen LogP contribution in [0.3, 0.4) is 0 Å². The smallest absolute Gasteiger partial charge is 0.0253 e. The Morgan fingerprint density at radius 3 is 2.47 bits per heavy atom. The molecule has 0 radical (unpaired) electrons. The molecule has 100 valence electrons. The van der Waals surface area contributed by atoms with E-state index in [9.17, 15) is 0 Å². The van der Waals surface area contributed by atoms with Crippen molar-refractivity contribution in [3.8, 4) is 0 Å². The van der Waals surface area contributed by atoms with Gasteiger partial charge >= 0.3 is 0 Å². The van der Waals surface area contributed by atoms with Gasteiger partial charge in [-0.05, 0) is 39.0 Å². The van der Waals surface area contributed by atoms with Crippen LogP contribution in [0, 0.1) is 5.41 Å². The van der Waals surface area contributed by atoms with Crippen LogP contribution in [0.2, 0.25) is 0 Å². The van der Waals surface area contributed by atoms with Crippen molar-refractivity contribution < 1.29 is 0 Å². The monoisotopic (exact) mass is 238 g/mol. The molecular weight excluding hydrogens is 208 g/mol. The van der Waals surface area contributed by atoms with Gasteiger partial charge in [-0.1, -0.05) is 26.7 Å². The highest BCUT2D eigenvalue weighted by Gasteiger charge is 2.41. The van der Waals surface area contributed by atoms with Crippen LogP contribution in [0.4, 0.5) is 0 Å². The number of nitrogens with one attached hydrogen (secondary N) is 1. The summed E-state index contributed by atoms with van der Waals surface area (Å²) in [5.74, 6) is 0. The predicted molar refractivity (Wildman–Crippen MR) is 74.3 cm³/mol. The molecule has 2 rings (SSSR count). The summed E-state index contributed by atoms with van der Waals surface area (Å²) in [4.78, 5) is 2.79. The van der Waals surface area contributed by atoms with Crippen molar-refractivity contribution in [3.05, 3.63) is 0 Å². The highest BCUT2D eigenvalue weighted by Crippen LogP contribution is 2.40. The lowest BCUT2D eigenvalue weighted by Gasteiger charge is -2.53. The van der Waals surface area contributed by atoms with Gasteiger partial charge < -0.3 is 5.32 Å². The van der Waals surface area contributed by atoms with Crippen molar-refractivity contribution >= 4 is 0 Å². The molecule has 1 heterocycles. The van der Waals surface area contributed by atoms with E-state index in [0.29, 0.717) is 11.5 Å². The molecule has 1 N–H and O–H groups in total. The van der Waals surface area contributed by atoms with Crippen LogP contribution < -0.4 is 5.32 Å². The predicted octanol–water partition coefficient (Wildman–Crippen LogP) is 3.03. The fourth-order valence-corrected chi connectivity index (χ4v) is 3.72. The lowest BCUT2D eigenvalue weighted by Crippen LogP contribution is -2.65. The molecule has 0 aromatic heterocycles. The lowest BCUT2D eigenvalue weighted by atomic mass is 9.71. The molecule has 1 aliphatic carbocycles. The molecule has 2 nitrogen and oxygen atoms in total. The third-order valence-corrected chi connectivity index (χ3v) is 4.87. The summed E-state index contributed by atoms with van der Waals surface area (Å²) in [5.41, 5.74) is 0.778. The Hall–Kier alpha value is -0.0800. The second kappa shape index (κ2) is 4.55. The van der Waals surface area contributed by atoms with Gasteiger partial charge in [-0.15, -0.1) is 0 Å². The first-order valence-corrected chi connectivity index (χ1v) is 7.33. The van der Waals surface area contributed by atoms with E-state index in [-0.39, 0.29) is 5.54 Å². The minimum Gasteiger partial charge on any atom is -0.309 e. The summed E-state index contributed by atoms with van der Waals surface area (Å²) in [5, 5.41) is 3.66. The first-order valence-electron chi connectivity index (χ1n) is 7.33. The van der Waals surface area contributed by atoms with Crippen molar-refractivity contribution in [2.45, 2.75) is 77.9 Å². The van der Waals surface area contributed by atoms with Crippen molar-refractivity contribution in [2.75, 3.05) is 13.1 Å². The van der Waals surface area contributed by atoms with Gasteiger partial charge in [0.15, 0.2) is 0 Å². The third kappa shape index (κ3) is 2.85. The number of rotatable bonds is 1.